The number of ether oxygens (including phenoxy) is 1. The number of nitrogens with zero attached hydrogens (tertiary/aromatic N) is 7. The van der Waals surface area contributed by atoms with E-state index in [1.807, 2.05) is 18.2 Å². The number of hydrogen-bond donors (Lipinski definition) is 2. The second-order valence-electron chi connectivity index (χ2n) is 18.5. The van der Waals surface area contributed by atoms with Gasteiger partial charge in [0, 0.05) is 86.1 Å². The van der Waals surface area contributed by atoms with Crippen molar-refractivity contribution >= 4 is 52.8 Å². The van der Waals surface area contributed by atoms with E-state index in [4.69, 9.17) is 21.3 Å². The molecule has 5 fully saturated rings. The molecule has 15 nitrogen and oxygen atoms in total. The Morgan fingerprint density at radius 2 is 1.61 bits per heavy atom. The van der Waals surface area contributed by atoms with Crippen LogP contribution in [0.3, 0.4) is 0 Å². The topological polar surface area (TPSA) is 172 Å². The number of piperazine rings is 1. The average molecular weight is 848 g/mol. The molecule has 0 spiro atoms. The lowest BCUT2D eigenvalue weighted by atomic mass is 9.49. The number of anilines is 2. The molecular weight excluding hydrogens is 798 g/mol. The van der Waals surface area contributed by atoms with Crippen molar-refractivity contribution in [3.8, 4) is 11.8 Å². The number of urea groups is 1. The highest BCUT2D eigenvalue weighted by Gasteiger charge is 2.64. The van der Waals surface area contributed by atoms with E-state index in [9.17, 15) is 29.2 Å². The molecule has 61 heavy (non-hydrogen) atoms. The van der Waals surface area contributed by atoms with E-state index in [-0.39, 0.29) is 53.0 Å². The van der Waals surface area contributed by atoms with Crippen molar-refractivity contribution in [3.05, 3.63) is 82.0 Å². The minimum atomic E-state index is -0.772. The number of hydrogen-bond acceptors (Lipinski definition) is 11. The molecule has 1 aromatic heterocycles. The highest BCUT2D eigenvalue weighted by Crippen LogP contribution is 2.55. The van der Waals surface area contributed by atoms with Crippen molar-refractivity contribution in [2.45, 2.75) is 84.0 Å². The van der Waals surface area contributed by atoms with Crippen molar-refractivity contribution in [1.82, 2.24) is 30.5 Å². The zero-order valence-corrected chi connectivity index (χ0v) is 35.6. The lowest BCUT2D eigenvalue weighted by molar-refractivity contribution is -0.164. The molecule has 16 heteroatoms. The monoisotopic (exact) mass is 847 g/mol. The summed E-state index contributed by atoms with van der Waals surface area (Å²) in [5, 5.41) is 16.9. The Kier molecular flexibility index (Phi) is 10.2. The van der Waals surface area contributed by atoms with Gasteiger partial charge in [-0.25, -0.2) is 14.8 Å². The maximum Gasteiger partial charge on any atom is 0.343 e. The van der Waals surface area contributed by atoms with Gasteiger partial charge in [0.2, 0.25) is 5.91 Å². The van der Waals surface area contributed by atoms with E-state index < -0.39 is 23.8 Å². The first-order valence-electron chi connectivity index (χ1n) is 21.2. The van der Waals surface area contributed by atoms with E-state index in [0.717, 1.165) is 79.9 Å². The van der Waals surface area contributed by atoms with Crippen LogP contribution in [0.1, 0.15) is 96.4 Å². The molecule has 2 unspecified atom stereocenters. The summed E-state index contributed by atoms with van der Waals surface area (Å²) in [6.45, 7) is 12.8. The van der Waals surface area contributed by atoms with E-state index in [1.54, 1.807) is 36.5 Å². The van der Waals surface area contributed by atoms with Gasteiger partial charge in [0.05, 0.1) is 33.8 Å². The Labute approximate surface area is 359 Å². The predicted octanol–water partition coefficient (Wildman–Crippen LogP) is 5.24. The van der Waals surface area contributed by atoms with Gasteiger partial charge in [-0.2, -0.15) is 10.3 Å². The summed E-state index contributed by atoms with van der Waals surface area (Å²) in [5.41, 5.74) is 1.58. The minimum absolute atomic E-state index is 0.0161. The Hall–Kier alpha value is -5.72. The van der Waals surface area contributed by atoms with Crippen LogP contribution >= 0.6 is 11.6 Å². The number of hydrazine groups is 1. The van der Waals surface area contributed by atoms with Gasteiger partial charge in [-0.3, -0.25) is 29.4 Å². The Morgan fingerprint density at radius 3 is 2.25 bits per heavy atom. The number of rotatable bonds is 9. The fourth-order valence-electron chi connectivity index (χ4n) is 11.0. The number of piperidine rings is 1. The molecule has 318 valence electrons. The maximum absolute atomic E-state index is 13.5. The molecule has 6 heterocycles. The summed E-state index contributed by atoms with van der Waals surface area (Å²) >= 11 is 6.26. The van der Waals surface area contributed by atoms with Crippen LogP contribution in [0, 0.1) is 28.1 Å². The largest absolute Gasteiger partial charge is 0.489 e. The molecule has 2 aromatic carbocycles. The van der Waals surface area contributed by atoms with Crippen LogP contribution in [0.15, 0.2) is 54.7 Å². The van der Waals surface area contributed by atoms with Crippen LogP contribution < -0.4 is 25.2 Å². The average Bonchev–Trinajstić information content (AvgIpc) is 3.61. The van der Waals surface area contributed by atoms with Gasteiger partial charge < -0.3 is 19.9 Å². The minimum Gasteiger partial charge on any atom is -0.489 e. The summed E-state index contributed by atoms with van der Waals surface area (Å²) in [7, 11) is 0. The van der Waals surface area contributed by atoms with E-state index in [1.165, 1.54) is 0 Å². The summed E-state index contributed by atoms with van der Waals surface area (Å²) in [5.74, 6) is 0.298. The molecule has 1 aliphatic carbocycles. The van der Waals surface area contributed by atoms with Crippen molar-refractivity contribution < 1.29 is 28.7 Å². The van der Waals surface area contributed by atoms with Crippen LogP contribution in [0.25, 0.3) is 0 Å². The summed E-state index contributed by atoms with van der Waals surface area (Å²) in [4.78, 5) is 76.3. The molecule has 3 aromatic rings. The fourth-order valence-corrected chi connectivity index (χ4v) is 11.3. The second-order valence-corrected chi connectivity index (χ2v) is 18.9. The molecule has 2 N–H and O–H groups in total. The third-order valence-corrected chi connectivity index (χ3v) is 14.3. The number of amides is 6. The smallest absolute Gasteiger partial charge is 0.343 e. The molecule has 6 amide bonds. The normalized spacial score (nSPS) is 25.8. The van der Waals surface area contributed by atoms with Gasteiger partial charge in [-0.05, 0) is 74.1 Å². The maximum atomic E-state index is 13.5. The summed E-state index contributed by atoms with van der Waals surface area (Å²) in [6, 6.07) is 16.1. The Morgan fingerprint density at radius 1 is 0.902 bits per heavy atom. The zero-order valence-electron chi connectivity index (χ0n) is 34.8. The predicted molar refractivity (Wildman–Crippen MR) is 226 cm³/mol. The lowest BCUT2D eigenvalue weighted by Crippen LogP contribution is -2.74. The van der Waals surface area contributed by atoms with Crippen molar-refractivity contribution in [2.75, 3.05) is 49.1 Å². The summed E-state index contributed by atoms with van der Waals surface area (Å²) in [6.07, 6.45) is 5.81. The number of imide groups is 2. The number of carbonyl (C=O) groups excluding carboxylic acids is 5. The lowest BCUT2D eigenvalue weighted by Gasteiger charge is -2.63. The first kappa shape index (κ1) is 40.7. The van der Waals surface area contributed by atoms with Crippen LogP contribution in [0.4, 0.5) is 16.3 Å². The van der Waals surface area contributed by atoms with Gasteiger partial charge in [-0.1, -0.05) is 39.3 Å². The molecule has 9 rings (SSSR count). The number of carbonyl (C=O) groups is 5. The van der Waals surface area contributed by atoms with Crippen molar-refractivity contribution in [2.24, 2.45) is 16.7 Å². The van der Waals surface area contributed by atoms with E-state index in [0.29, 0.717) is 39.9 Å². The van der Waals surface area contributed by atoms with Crippen LogP contribution in [-0.2, 0) is 4.79 Å². The third kappa shape index (κ3) is 7.13. The number of halogens is 1. The number of fused-ring (bicyclic) bond motifs is 3. The number of nitrogens with one attached hydrogen (secondary N) is 2. The third-order valence-electron chi connectivity index (χ3n) is 14.0. The van der Waals surface area contributed by atoms with E-state index >= 15 is 0 Å². The Bertz CT molecular complexity index is 2330. The highest BCUT2D eigenvalue weighted by molar-refractivity contribution is 6.31. The first-order chi connectivity index (χ1) is 29.1. The number of aromatic nitrogens is 1. The molecular formula is C45H50ClN9O6. The number of benzene rings is 2. The Balaban J connectivity index is 0.759. The van der Waals surface area contributed by atoms with E-state index in [2.05, 4.69) is 59.1 Å². The molecule has 0 radical (unpaired) electrons. The van der Waals surface area contributed by atoms with Crippen molar-refractivity contribution in [3.63, 3.8) is 0 Å². The zero-order chi connectivity index (χ0) is 43.0. The van der Waals surface area contributed by atoms with Crippen LogP contribution in [0.2, 0.25) is 5.02 Å². The molecule has 4 saturated heterocycles. The van der Waals surface area contributed by atoms with Gasteiger partial charge in [0.1, 0.15) is 23.7 Å². The van der Waals surface area contributed by atoms with Crippen LogP contribution in [0.5, 0.6) is 5.75 Å². The van der Waals surface area contributed by atoms with Gasteiger partial charge in [0.15, 0.2) is 0 Å². The number of nitriles is 1. The van der Waals surface area contributed by atoms with Gasteiger partial charge >= 0.3 is 6.03 Å². The molecule has 6 aliphatic rings. The second kappa shape index (κ2) is 15.3. The highest BCUT2D eigenvalue weighted by atomic mass is 35.5. The SMILES string of the molecule is CC1(C)C(NC(=O)c2ccc(N3CCC(CN4C5CCC4CN(c4ccc6c(c4)C(=O)N(N4CCC(=O)NC4=O)C6=O)C5)CC3)nc2)C(C)(C)C1Oc1ccc(C#N)c(Cl)c1. The first-order valence-corrected chi connectivity index (χ1v) is 21.5. The molecule has 1 saturated carbocycles. The standard InChI is InChI=1S/C45H50ClN9O6/c1-44(2)41(45(3,4)42(44)61-32-10-5-27(21-47)35(46)20-32)50-38(57)28-6-12-36(48-22-28)51-16-13-26(14-17-51)23-53-30-7-8-31(53)25-52(24-30)29-9-11-33-34(19-29)40(59)55(39(33)58)54-18-15-37(56)49-43(54)60/h5-6,9-12,19-20,22,26,30-31,41-42H,7-8,13-18,23-25H2,1-4H3,(H,50,57)(H,49,56,60). The quantitative estimate of drug-likeness (QED) is 0.270. The molecule has 5 aliphatic heterocycles. The summed E-state index contributed by atoms with van der Waals surface area (Å²) < 4.78 is 6.38. The molecule has 2 atom stereocenters. The molecule has 2 bridgehead atoms. The van der Waals surface area contributed by atoms with Crippen molar-refractivity contribution in [1.29, 1.82) is 5.26 Å². The van der Waals surface area contributed by atoms with Gasteiger partial charge in [-0.15, -0.1) is 0 Å². The number of pyridine rings is 1. The fraction of sp³-hybridized carbons (Fsp3) is 0.489. The van der Waals surface area contributed by atoms with Crippen LogP contribution in [-0.4, -0.2) is 113 Å². The van der Waals surface area contributed by atoms with Gasteiger partial charge in [0.25, 0.3) is 17.7 Å².